The van der Waals surface area contributed by atoms with Crippen molar-refractivity contribution in [3.8, 4) is 0 Å². The number of aliphatic hydroxyl groups is 3. The van der Waals surface area contributed by atoms with Crippen LogP contribution in [0.15, 0.2) is 24.3 Å². The van der Waals surface area contributed by atoms with Gasteiger partial charge in [-0.15, -0.1) is 0 Å². The maximum atomic E-state index is 11.1. The summed E-state index contributed by atoms with van der Waals surface area (Å²) in [6.07, 6.45) is -2.04. The molecule has 0 aliphatic heterocycles. The zero-order chi connectivity index (χ0) is 14.6. The molecule has 106 valence electrons. The smallest absolute Gasteiger partial charge is 0.313 e. The van der Waals surface area contributed by atoms with E-state index in [4.69, 9.17) is 10.2 Å². The number of hydrogen-bond donors (Lipinski definition) is 4. The van der Waals surface area contributed by atoms with Crippen LogP contribution >= 0.6 is 0 Å². The van der Waals surface area contributed by atoms with Crippen molar-refractivity contribution in [2.45, 2.75) is 37.9 Å². The van der Waals surface area contributed by atoms with E-state index in [0.717, 1.165) is 0 Å². The van der Waals surface area contributed by atoms with Crippen molar-refractivity contribution in [3.05, 3.63) is 35.4 Å². The predicted molar refractivity (Wildman–Crippen MR) is 69.8 cm³/mol. The minimum absolute atomic E-state index is 0.0868. The van der Waals surface area contributed by atoms with Crippen LogP contribution in [0.25, 0.3) is 0 Å². The van der Waals surface area contributed by atoms with Gasteiger partial charge in [-0.05, 0) is 31.4 Å². The molecule has 0 saturated heterocycles. The molecule has 4 N–H and O–H groups in total. The second-order valence-corrected chi connectivity index (χ2v) is 5.08. The lowest BCUT2D eigenvalue weighted by atomic mass is 9.84. The van der Waals surface area contributed by atoms with Gasteiger partial charge in [-0.25, -0.2) is 0 Å². The third-order valence-corrected chi connectivity index (χ3v) is 3.30. The summed E-state index contributed by atoms with van der Waals surface area (Å²) in [4.78, 5) is 11.1. The Bertz CT molecular complexity index is 424. The van der Waals surface area contributed by atoms with E-state index in [1.165, 1.54) is 0 Å². The maximum Gasteiger partial charge on any atom is 0.313 e. The van der Waals surface area contributed by atoms with E-state index < -0.39 is 23.6 Å². The van der Waals surface area contributed by atoms with E-state index in [9.17, 15) is 15.0 Å². The van der Waals surface area contributed by atoms with E-state index in [0.29, 0.717) is 11.1 Å². The Labute approximate surface area is 112 Å². The van der Waals surface area contributed by atoms with Gasteiger partial charge in [0.25, 0.3) is 0 Å². The first kappa shape index (κ1) is 15.6. The van der Waals surface area contributed by atoms with Crippen LogP contribution in [0.4, 0.5) is 0 Å². The van der Waals surface area contributed by atoms with Gasteiger partial charge in [0.05, 0.1) is 11.5 Å². The van der Waals surface area contributed by atoms with Crippen molar-refractivity contribution in [1.82, 2.24) is 0 Å². The molecule has 1 aromatic rings. The second-order valence-electron chi connectivity index (χ2n) is 5.08. The molecule has 0 radical (unpaired) electrons. The van der Waals surface area contributed by atoms with E-state index >= 15 is 0 Å². The summed E-state index contributed by atoms with van der Waals surface area (Å²) < 4.78 is 0. The number of aliphatic hydroxyl groups excluding tert-OH is 3. The fourth-order valence-electron chi connectivity index (χ4n) is 1.73. The Morgan fingerprint density at radius 1 is 1.21 bits per heavy atom. The number of carboxylic acids is 1. The molecular weight excluding hydrogens is 248 g/mol. The molecule has 0 aromatic heterocycles. The summed E-state index contributed by atoms with van der Waals surface area (Å²) in [6.45, 7) is 2.99. The van der Waals surface area contributed by atoms with E-state index in [-0.39, 0.29) is 13.0 Å². The number of hydrogen-bond acceptors (Lipinski definition) is 4. The van der Waals surface area contributed by atoms with Crippen LogP contribution in [0.5, 0.6) is 0 Å². The molecule has 2 unspecified atom stereocenters. The quantitative estimate of drug-likeness (QED) is 0.612. The molecule has 0 aliphatic carbocycles. The van der Waals surface area contributed by atoms with Gasteiger partial charge in [0.15, 0.2) is 0 Å². The van der Waals surface area contributed by atoms with Crippen molar-refractivity contribution in [2.24, 2.45) is 0 Å². The minimum Gasteiger partial charge on any atom is -0.481 e. The molecule has 1 aromatic carbocycles. The molecule has 0 fully saturated rings. The van der Waals surface area contributed by atoms with Gasteiger partial charge in [0.1, 0.15) is 6.10 Å². The Kier molecular flexibility index (Phi) is 5.05. The Morgan fingerprint density at radius 2 is 1.74 bits per heavy atom. The highest BCUT2D eigenvalue weighted by Crippen LogP contribution is 2.26. The summed E-state index contributed by atoms with van der Waals surface area (Å²) in [5.74, 6) is -0.930. The van der Waals surface area contributed by atoms with Crippen LogP contribution in [0.2, 0.25) is 0 Å². The topological polar surface area (TPSA) is 98.0 Å². The third-order valence-electron chi connectivity index (χ3n) is 3.30. The Morgan fingerprint density at radius 3 is 2.16 bits per heavy atom. The van der Waals surface area contributed by atoms with Crippen molar-refractivity contribution < 1.29 is 25.2 Å². The molecule has 1 rings (SSSR count). The lowest BCUT2D eigenvalue weighted by molar-refractivity contribution is -0.142. The largest absolute Gasteiger partial charge is 0.481 e. The normalized spacial score (nSPS) is 15.0. The van der Waals surface area contributed by atoms with Crippen LogP contribution in [-0.4, -0.2) is 39.1 Å². The average molecular weight is 268 g/mol. The number of aliphatic carboxylic acids is 1. The Balaban J connectivity index is 2.91. The first-order valence-electron chi connectivity index (χ1n) is 6.11. The van der Waals surface area contributed by atoms with Gasteiger partial charge < -0.3 is 20.4 Å². The maximum absolute atomic E-state index is 11.1. The lowest BCUT2D eigenvalue weighted by Gasteiger charge is -2.21. The molecule has 0 spiro atoms. The minimum atomic E-state index is -1.09. The van der Waals surface area contributed by atoms with Crippen molar-refractivity contribution in [2.75, 3.05) is 6.61 Å². The zero-order valence-electron chi connectivity index (χ0n) is 11.1. The summed E-state index contributed by atoms with van der Waals surface area (Å²) in [6, 6.07) is 6.42. The number of rotatable bonds is 6. The highest BCUT2D eigenvalue weighted by Gasteiger charge is 2.29. The SMILES string of the molecule is CC(C)(C(=O)O)c1ccc(C(O)C(O)CCO)cc1. The third kappa shape index (κ3) is 3.53. The van der Waals surface area contributed by atoms with Gasteiger partial charge in [-0.3, -0.25) is 4.79 Å². The van der Waals surface area contributed by atoms with Crippen LogP contribution < -0.4 is 0 Å². The van der Waals surface area contributed by atoms with E-state index in [1.54, 1.807) is 38.1 Å². The monoisotopic (exact) mass is 268 g/mol. The van der Waals surface area contributed by atoms with Crippen LogP contribution in [0, 0.1) is 0 Å². The summed E-state index contributed by atoms with van der Waals surface area (Å²) in [7, 11) is 0. The van der Waals surface area contributed by atoms with Crippen LogP contribution in [-0.2, 0) is 10.2 Å². The first-order valence-corrected chi connectivity index (χ1v) is 6.11. The molecule has 5 nitrogen and oxygen atoms in total. The van der Waals surface area contributed by atoms with Gasteiger partial charge in [-0.1, -0.05) is 24.3 Å². The predicted octanol–water partition coefficient (Wildman–Crippen LogP) is 0.825. The molecule has 0 saturated carbocycles. The second kappa shape index (κ2) is 6.14. The van der Waals surface area contributed by atoms with Gasteiger partial charge in [0, 0.05) is 6.61 Å². The summed E-state index contributed by atoms with van der Waals surface area (Å²) in [5.41, 5.74) is 0.103. The highest BCUT2D eigenvalue weighted by molar-refractivity contribution is 5.80. The number of benzene rings is 1. The highest BCUT2D eigenvalue weighted by atomic mass is 16.4. The van der Waals surface area contributed by atoms with E-state index in [1.807, 2.05) is 0 Å². The van der Waals surface area contributed by atoms with E-state index in [2.05, 4.69) is 0 Å². The summed E-state index contributed by atoms with van der Waals surface area (Å²) >= 11 is 0. The van der Waals surface area contributed by atoms with Gasteiger partial charge in [-0.2, -0.15) is 0 Å². The average Bonchev–Trinajstić information content (AvgIpc) is 2.38. The Hall–Kier alpha value is -1.43. The molecule has 5 heteroatoms. The molecular formula is C14H20O5. The van der Waals surface area contributed by atoms with Crippen molar-refractivity contribution in [1.29, 1.82) is 0 Å². The number of carboxylic acid groups (broad SMARTS) is 1. The van der Waals surface area contributed by atoms with Crippen LogP contribution in [0.1, 0.15) is 37.5 Å². The molecule has 0 heterocycles. The molecule has 19 heavy (non-hydrogen) atoms. The standard InChI is InChI=1S/C14H20O5/c1-14(2,13(18)19)10-5-3-9(4-6-10)12(17)11(16)7-8-15/h3-6,11-12,15-17H,7-8H2,1-2H3,(H,18,19). The molecule has 0 aliphatic rings. The summed E-state index contributed by atoms with van der Waals surface area (Å²) in [5, 5.41) is 37.3. The first-order chi connectivity index (χ1) is 8.80. The van der Waals surface area contributed by atoms with Gasteiger partial charge >= 0.3 is 5.97 Å². The molecule has 0 bridgehead atoms. The molecule has 2 atom stereocenters. The van der Waals surface area contributed by atoms with Crippen molar-refractivity contribution in [3.63, 3.8) is 0 Å². The van der Waals surface area contributed by atoms with Crippen LogP contribution in [0.3, 0.4) is 0 Å². The fraction of sp³-hybridized carbons (Fsp3) is 0.500. The zero-order valence-corrected chi connectivity index (χ0v) is 11.1. The molecule has 0 amide bonds. The lowest BCUT2D eigenvalue weighted by Crippen LogP contribution is -2.28. The fourth-order valence-corrected chi connectivity index (χ4v) is 1.73. The number of carbonyl (C=O) groups is 1. The van der Waals surface area contributed by atoms with Crippen molar-refractivity contribution >= 4 is 5.97 Å². The van der Waals surface area contributed by atoms with Gasteiger partial charge in [0.2, 0.25) is 0 Å².